The summed E-state index contributed by atoms with van der Waals surface area (Å²) in [5.41, 5.74) is -0.941. The van der Waals surface area contributed by atoms with Gasteiger partial charge in [-0.2, -0.15) is 11.8 Å². The Morgan fingerprint density at radius 1 is 0.944 bits per heavy atom. The van der Waals surface area contributed by atoms with Crippen LogP contribution >= 0.6 is 11.8 Å². The smallest absolute Gasteiger partial charge is 0.200 e. The van der Waals surface area contributed by atoms with E-state index in [1.807, 2.05) is 0 Å². The second-order valence-electron chi connectivity index (χ2n) is 4.06. The Kier molecular flexibility index (Phi) is 3.99. The Bertz CT molecular complexity index is 430. The van der Waals surface area contributed by atoms with Crippen LogP contribution in [0.3, 0.4) is 0 Å². The number of thioether (sulfide) groups is 1. The molecule has 0 spiro atoms. The molecule has 0 saturated carbocycles. The predicted molar refractivity (Wildman–Crippen MR) is 60.2 cm³/mol. The molecule has 1 aliphatic rings. The minimum absolute atomic E-state index is 0.185. The van der Waals surface area contributed by atoms with Gasteiger partial charge in [0.05, 0.1) is 0 Å². The SMILES string of the molecule is Fc1c(F)c(F)c(NCC2CCSC2)c(F)c1F. The monoisotopic (exact) mass is 283 g/mol. The molecule has 1 unspecified atom stereocenters. The van der Waals surface area contributed by atoms with Crippen LogP contribution in [0.5, 0.6) is 0 Å². The van der Waals surface area contributed by atoms with Crippen LogP contribution in [0.1, 0.15) is 6.42 Å². The molecule has 0 aliphatic carbocycles. The van der Waals surface area contributed by atoms with Crippen molar-refractivity contribution in [2.75, 3.05) is 23.4 Å². The van der Waals surface area contributed by atoms with E-state index in [1.54, 1.807) is 11.8 Å². The van der Waals surface area contributed by atoms with Crippen LogP contribution in [0.2, 0.25) is 0 Å². The van der Waals surface area contributed by atoms with Gasteiger partial charge in [-0.25, -0.2) is 22.0 Å². The molecule has 1 atom stereocenters. The zero-order valence-electron chi connectivity index (χ0n) is 9.20. The minimum Gasteiger partial charge on any atom is -0.380 e. The average Bonchev–Trinajstić information content (AvgIpc) is 2.87. The maximum Gasteiger partial charge on any atom is 0.200 e. The topological polar surface area (TPSA) is 12.0 Å². The summed E-state index contributed by atoms with van der Waals surface area (Å²) in [6, 6.07) is 0. The van der Waals surface area contributed by atoms with Crippen molar-refractivity contribution < 1.29 is 22.0 Å². The van der Waals surface area contributed by atoms with E-state index in [9.17, 15) is 22.0 Å². The lowest BCUT2D eigenvalue weighted by atomic mass is 10.1. The highest BCUT2D eigenvalue weighted by Crippen LogP contribution is 2.29. The number of hydrogen-bond donors (Lipinski definition) is 1. The van der Waals surface area contributed by atoms with Crippen LogP contribution in [-0.4, -0.2) is 18.1 Å². The van der Waals surface area contributed by atoms with Gasteiger partial charge in [0.1, 0.15) is 5.69 Å². The minimum atomic E-state index is -2.13. The van der Waals surface area contributed by atoms with E-state index < -0.39 is 34.8 Å². The van der Waals surface area contributed by atoms with Crippen LogP contribution in [0, 0.1) is 35.0 Å². The fourth-order valence-corrected chi connectivity index (χ4v) is 3.04. The molecular formula is C11H10F5NS. The normalized spacial score (nSPS) is 19.3. The molecule has 1 aromatic rings. The van der Waals surface area contributed by atoms with Crippen molar-refractivity contribution in [3.63, 3.8) is 0 Å². The van der Waals surface area contributed by atoms with Crippen LogP contribution in [0.15, 0.2) is 0 Å². The first-order chi connectivity index (χ1) is 8.52. The van der Waals surface area contributed by atoms with Crippen LogP contribution in [-0.2, 0) is 0 Å². The molecule has 1 saturated heterocycles. The van der Waals surface area contributed by atoms with E-state index in [0.29, 0.717) is 0 Å². The van der Waals surface area contributed by atoms with Gasteiger partial charge in [0.15, 0.2) is 23.3 Å². The summed E-state index contributed by atoms with van der Waals surface area (Å²) >= 11 is 1.70. The summed E-state index contributed by atoms with van der Waals surface area (Å²) < 4.78 is 65.2. The molecule has 1 N–H and O–H groups in total. The third-order valence-corrected chi connectivity index (χ3v) is 4.03. The summed E-state index contributed by atoms with van der Waals surface area (Å²) in [6.07, 6.45) is 0.868. The van der Waals surface area contributed by atoms with Gasteiger partial charge >= 0.3 is 0 Å². The summed E-state index contributed by atoms with van der Waals surface area (Å²) in [4.78, 5) is 0. The number of nitrogens with one attached hydrogen (secondary N) is 1. The van der Waals surface area contributed by atoms with E-state index in [-0.39, 0.29) is 12.5 Å². The summed E-state index contributed by atoms with van der Waals surface area (Å²) in [5, 5.41) is 2.32. The highest BCUT2D eigenvalue weighted by molar-refractivity contribution is 7.99. The Morgan fingerprint density at radius 2 is 1.50 bits per heavy atom. The predicted octanol–water partition coefficient (Wildman–Crippen LogP) is 3.55. The highest BCUT2D eigenvalue weighted by Gasteiger charge is 2.26. The van der Waals surface area contributed by atoms with Crippen molar-refractivity contribution in [3.05, 3.63) is 29.1 Å². The molecule has 7 heteroatoms. The maximum absolute atomic E-state index is 13.3. The second kappa shape index (κ2) is 5.34. The third-order valence-electron chi connectivity index (χ3n) is 2.80. The lowest BCUT2D eigenvalue weighted by Gasteiger charge is -2.13. The molecular weight excluding hydrogens is 273 g/mol. The molecule has 18 heavy (non-hydrogen) atoms. The van der Waals surface area contributed by atoms with Gasteiger partial charge in [0, 0.05) is 6.54 Å². The second-order valence-corrected chi connectivity index (χ2v) is 5.21. The first kappa shape index (κ1) is 13.5. The highest BCUT2D eigenvalue weighted by atomic mass is 32.2. The summed E-state index contributed by atoms with van der Waals surface area (Å²) in [6.45, 7) is 0.200. The van der Waals surface area contributed by atoms with Crippen molar-refractivity contribution in [1.82, 2.24) is 0 Å². The standard InChI is InChI=1S/C11H10F5NS/c12-6-7(13)9(15)11(10(16)8(6)14)17-3-5-1-2-18-4-5/h5,17H,1-4H2. The summed E-state index contributed by atoms with van der Waals surface area (Å²) in [5.74, 6) is -7.63. The molecule has 100 valence electrons. The first-order valence-electron chi connectivity index (χ1n) is 5.35. The number of halogens is 5. The van der Waals surface area contributed by atoms with Gasteiger partial charge < -0.3 is 5.32 Å². The molecule has 1 fully saturated rings. The van der Waals surface area contributed by atoms with Crippen LogP contribution in [0.4, 0.5) is 27.6 Å². The fourth-order valence-electron chi connectivity index (χ4n) is 1.75. The largest absolute Gasteiger partial charge is 0.380 e. The van der Waals surface area contributed by atoms with Crippen molar-refractivity contribution in [1.29, 1.82) is 0 Å². The lowest BCUT2D eigenvalue weighted by molar-refractivity contribution is 0.381. The number of benzene rings is 1. The third kappa shape index (κ3) is 2.41. The number of rotatable bonds is 3. The Morgan fingerprint density at radius 3 is 2.00 bits per heavy atom. The van der Waals surface area contributed by atoms with Gasteiger partial charge in [-0.1, -0.05) is 0 Å². The van der Waals surface area contributed by atoms with E-state index in [4.69, 9.17) is 0 Å². The quantitative estimate of drug-likeness (QED) is 0.517. The van der Waals surface area contributed by atoms with E-state index in [0.717, 1.165) is 17.9 Å². The molecule has 0 aromatic heterocycles. The molecule has 1 aliphatic heterocycles. The van der Waals surface area contributed by atoms with Crippen molar-refractivity contribution >= 4 is 17.4 Å². The average molecular weight is 283 g/mol. The Labute approximate surface area is 105 Å². The number of hydrogen-bond acceptors (Lipinski definition) is 2. The molecule has 0 amide bonds. The lowest BCUT2D eigenvalue weighted by Crippen LogP contribution is -2.17. The van der Waals surface area contributed by atoms with E-state index in [1.165, 1.54) is 0 Å². The molecule has 1 heterocycles. The van der Waals surface area contributed by atoms with Crippen LogP contribution < -0.4 is 5.32 Å². The summed E-state index contributed by atoms with van der Waals surface area (Å²) in [7, 11) is 0. The van der Waals surface area contributed by atoms with E-state index >= 15 is 0 Å². The van der Waals surface area contributed by atoms with Crippen LogP contribution in [0.25, 0.3) is 0 Å². The van der Waals surface area contributed by atoms with Crippen molar-refractivity contribution in [2.45, 2.75) is 6.42 Å². The van der Waals surface area contributed by atoms with Gasteiger partial charge in [0.2, 0.25) is 5.82 Å². The number of anilines is 1. The van der Waals surface area contributed by atoms with Gasteiger partial charge in [-0.15, -0.1) is 0 Å². The fraction of sp³-hybridized carbons (Fsp3) is 0.455. The molecule has 2 rings (SSSR count). The molecule has 0 radical (unpaired) electrons. The zero-order chi connectivity index (χ0) is 13.3. The van der Waals surface area contributed by atoms with Crippen molar-refractivity contribution in [3.8, 4) is 0 Å². The Balaban J connectivity index is 2.21. The Hall–Kier alpha value is -0.980. The first-order valence-corrected chi connectivity index (χ1v) is 6.51. The molecule has 1 aromatic carbocycles. The molecule has 1 nitrogen and oxygen atoms in total. The maximum atomic E-state index is 13.3. The van der Waals surface area contributed by atoms with Gasteiger partial charge in [-0.05, 0) is 23.8 Å². The van der Waals surface area contributed by atoms with Gasteiger partial charge in [0.25, 0.3) is 0 Å². The molecule has 0 bridgehead atoms. The van der Waals surface area contributed by atoms with E-state index in [2.05, 4.69) is 5.32 Å². The van der Waals surface area contributed by atoms with Crippen molar-refractivity contribution in [2.24, 2.45) is 5.92 Å². The zero-order valence-corrected chi connectivity index (χ0v) is 10.0. The van der Waals surface area contributed by atoms with Gasteiger partial charge in [-0.3, -0.25) is 0 Å².